The standard InChI is InChI=1S/C30H30O6/c1-3-28(31)34-21-7-5-4-6-8-23-11-15-25(16-12-23)30(33)36-27-19-17-26(18-20-27)35-29(32)24-13-9-22(2)10-14-24/h3,9-20H,1,4-8,21H2,2H3. The molecular formula is C30H30O6. The number of carbonyl (C=O) groups is 3. The lowest BCUT2D eigenvalue weighted by atomic mass is 10.0. The van der Waals surface area contributed by atoms with Gasteiger partial charge in [-0.25, -0.2) is 14.4 Å². The molecule has 0 amide bonds. The third-order valence-corrected chi connectivity index (χ3v) is 5.49. The number of hydrogen-bond donors (Lipinski definition) is 0. The second-order valence-corrected chi connectivity index (χ2v) is 8.35. The first-order valence-electron chi connectivity index (χ1n) is 11.9. The molecule has 0 saturated carbocycles. The van der Waals surface area contributed by atoms with E-state index < -0.39 is 11.9 Å². The van der Waals surface area contributed by atoms with Crippen molar-refractivity contribution in [3.8, 4) is 11.5 Å². The summed E-state index contributed by atoms with van der Waals surface area (Å²) in [5.41, 5.74) is 3.12. The topological polar surface area (TPSA) is 78.9 Å². The van der Waals surface area contributed by atoms with E-state index in [0.717, 1.165) is 43.2 Å². The molecule has 0 fully saturated rings. The number of unbranched alkanes of at least 4 members (excludes halogenated alkanes) is 3. The maximum Gasteiger partial charge on any atom is 0.343 e. The fourth-order valence-electron chi connectivity index (χ4n) is 3.42. The van der Waals surface area contributed by atoms with Gasteiger partial charge in [-0.2, -0.15) is 0 Å². The minimum Gasteiger partial charge on any atom is -0.463 e. The van der Waals surface area contributed by atoms with Gasteiger partial charge in [-0.15, -0.1) is 0 Å². The number of benzene rings is 3. The van der Waals surface area contributed by atoms with Crippen molar-refractivity contribution < 1.29 is 28.6 Å². The maximum absolute atomic E-state index is 12.5. The van der Waals surface area contributed by atoms with E-state index in [-0.39, 0.29) is 5.97 Å². The van der Waals surface area contributed by atoms with Crippen molar-refractivity contribution in [3.63, 3.8) is 0 Å². The molecular weight excluding hydrogens is 456 g/mol. The smallest absolute Gasteiger partial charge is 0.343 e. The lowest BCUT2D eigenvalue weighted by molar-refractivity contribution is -0.137. The van der Waals surface area contributed by atoms with E-state index in [4.69, 9.17) is 14.2 Å². The first kappa shape index (κ1) is 26.4. The molecule has 0 spiro atoms. The molecule has 186 valence electrons. The molecule has 0 aliphatic rings. The lowest BCUT2D eigenvalue weighted by Gasteiger charge is -2.08. The zero-order valence-corrected chi connectivity index (χ0v) is 20.4. The van der Waals surface area contributed by atoms with Crippen LogP contribution in [0.15, 0.2) is 85.5 Å². The predicted molar refractivity (Wildman–Crippen MR) is 137 cm³/mol. The van der Waals surface area contributed by atoms with Crippen LogP contribution in [0.2, 0.25) is 0 Å². The van der Waals surface area contributed by atoms with E-state index in [1.807, 2.05) is 31.2 Å². The molecule has 0 atom stereocenters. The Bertz CT molecular complexity index is 1160. The van der Waals surface area contributed by atoms with Crippen LogP contribution in [0.25, 0.3) is 0 Å². The zero-order chi connectivity index (χ0) is 25.8. The van der Waals surface area contributed by atoms with Crippen LogP contribution in [0, 0.1) is 6.92 Å². The van der Waals surface area contributed by atoms with Gasteiger partial charge in [0.15, 0.2) is 0 Å². The van der Waals surface area contributed by atoms with Gasteiger partial charge >= 0.3 is 17.9 Å². The summed E-state index contributed by atoms with van der Waals surface area (Å²) >= 11 is 0. The van der Waals surface area contributed by atoms with Gasteiger partial charge < -0.3 is 14.2 Å². The van der Waals surface area contributed by atoms with Crippen LogP contribution in [0.3, 0.4) is 0 Å². The number of hydrogen-bond acceptors (Lipinski definition) is 6. The Morgan fingerprint density at radius 2 is 1.19 bits per heavy atom. The summed E-state index contributed by atoms with van der Waals surface area (Å²) in [4.78, 5) is 35.7. The van der Waals surface area contributed by atoms with Gasteiger partial charge in [-0.3, -0.25) is 0 Å². The molecule has 3 aromatic rings. The third-order valence-electron chi connectivity index (χ3n) is 5.49. The number of ether oxygens (including phenoxy) is 3. The van der Waals surface area contributed by atoms with Crippen LogP contribution in [0.1, 0.15) is 57.5 Å². The van der Waals surface area contributed by atoms with Gasteiger partial charge in [-0.1, -0.05) is 49.2 Å². The van der Waals surface area contributed by atoms with Crippen LogP contribution >= 0.6 is 0 Å². The van der Waals surface area contributed by atoms with Crippen molar-refractivity contribution in [1.29, 1.82) is 0 Å². The summed E-state index contributed by atoms with van der Waals surface area (Å²) in [6, 6.07) is 20.8. The van der Waals surface area contributed by atoms with Crippen LogP contribution in [-0.4, -0.2) is 24.5 Å². The first-order chi connectivity index (χ1) is 17.4. The largest absolute Gasteiger partial charge is 0.463 e. The van der Waals surface area contributed by atoms with Crippen LogP contribution < -0.4 is 9.47 Å². The van der Waals surface area contributed by atoms with Gasteiger partial charge in [0, 0.05) is 6.08 Å². The zero-order valence-electron chi connectivity index (χ0n) is 20.4. The maximum atomic E-state index is 12.5. The van der Waals surface area contributed by atoms with Crippen molar-refractivity contribution >= 4 is 17.9 Å². The number of esters is 3. The fraction of sp³-hybridized carbons (Fsp3) is 0.233. The van der Waals surface area contributed by atoms with Gasteiger partial charge in [0.25, 0.3) is 0 Å². The first-order valence-corrected chi connectivity index (χ1v) is 11.9. The van der Waals surface area contributed by atoms with Gasteiger partial charge in [-0.05, 0) is 80.3 Å². The molecule has 6 nitrogen and oxygen atoms in total. The molecule has 0 bridgehead atoms. The highest BCUT2D eigenvalue weighted by molar-refractivity contribution is 5.92. The van der Waals surface area contributed by atoms with Crippen molar-refractivity contribution in [2.45, 2.75) is 39.0 Å². The molecule has 0 aliphatic carbocycles. The molecule has 0 aliphatic heterocycles. The van der Waals surface area contributed by atoms with E-state index in [0.29, 0.717) is 29.2 Å². The Balaban J connectivity index is 1.40. The molecule has 0 N–H and O–H groups in total. The molecule has 0 unspecified atom stereocenters. The summed E-state index contributed by atoms with van der Waals surface area (Å²) in [5, 5.41) is 0. The van der Waals surface area contributed by atoms with Crippen LogP contribution in [0.5, 0.6) is 11.5 Å². The SMILES string of the molecule is C=CC(=O)OCCCCCCc1ccc(C(=O)Oc2ccc(OC(=O)c3ccc(C)cc3)cc2)cc1. The second kappa shape index (κ2) is 13.6. The van der Waals surface area contributed by atoms with Crippen LogP contribution in [0.4, 0.5) is 0 Å². The Morgan fingerprint density at radius 3 is 1.72 bits per heavy atom. The Labute approximate surface area is 211 Å². The monoisotopic (exact) mass is 486 g/mol. The highest BCUT2D eigenvalue weighted by Crippen LogP contribution is 2.20. The normalized spacial score (nSPS) is 10.4. The predicted octanol–water partition coefficient (Wildman–Crippen LogP) is 6.27. The highest BCUT2D eigenvalue weighted by Gasteiger charge is 2.11. The van der Waals surface area contributed by atoms with E-state index >= 15 is 0 Å². The second-order valence-electron chi connectivity index (χ2n) is 8.35. The van der Waals surface area contributed by atoms with Crippen molar-refractivity contribution in [2.24, 2.45) is 0 Å². The molecule has 36 heavy (non-hydrogen) atoms. The Kier molecular flexibility index (Phi) is 10.0. The Morgan fingerprint density at radius 1 is 0.694 bits per heavy atom. The average Bonchev–Trinajstić information content (AvgIpc) is 2.89. The molecule has 0 radical (unpaired) electrons. The molecule has 6 heteroatoms. The van der Waals surface area contributed by atoms with Crippen LogP contribution in [-0.2, 0) is 16.0 Å². The summed E-state index contributed by atoms with van der Waals surface area (Å²) in [6.45, 7) is 5.73. The van der Waals surface area contributed by atoms with E-state index in [1.54, 1.807) is 48.5 Å². The number of aryl methyl sites for hydroxylation is 2. The summed E-state index contributed by atoms with van der Waals surface area (Å²) < 4.78 is 15.8. The minimum atomic E-state index is -0.458. The molecule has 3 aromatic carbocycles. The third kappa shape index (κ3) is 8.55. The lowest BCUT2D eigenvalue weighted by Crippen LogP contribution is -2.09. The fourth-order valence-corrected chi connectivity index (χ4v) is 3.42. The molecule has 3 rings (SSSR count). The van der Waals surface area contributed by atoms with Crippen molar-refractivity contribution in [1.82, 2.24) is 0 Å². The molecule has 0 saturated heterocycles. The van der Waals surface area contributed by atoms with Crippen molar-refractivity contribution in [3.05, 3.63) is 108 Å². The summed E-state index contributed by atoms with van der Waals surface area (Å²) in [6.07, 6.45) is 5.94. The highest BCUT2D eigenvalue weighted by atomic mass is 16.5. The molecule has 0 aromatic heterocycles. The van der Waals surface area contributed by atoms with Gasteiger partial charge in [0.05, 0.1) is 17.7 Å². The minimum absolute atomic E-state index is 0.359. The summed E-state index contributed by atoms with van der Waals surface area (Å²) in [5.74, 6) is -0.570. The van der Waals surface area contributed by atoms with Crippen molar-refractivity contribution in [2.75, 3.05) is 6.61 Å². The number of rotatable bonds is 12. The molecule has 0 heterocycles. The van der Waals surface area contributed by atoms with E-state index in [2.05, 4.69) is 6.58 Å². The van der Waals surface area contributed by atoms with E-state index in [1.165, 1.54) is 6.08 Å². The average molecular weight is 487 g/mol. The Hall–Kier alpha value is -4.19. The summed E-state index contributed by atoms with van der Waals surface area (Å²) in [7, 11) is 0. The van der Waals surface area contributed by atoms with E-state index in [9.17, 15) is 14.4 Å². The number of carbonyl (C=O) groups excluding carboxylic acids is 3. The quantitative estimate of drug-likeness (QED) is 0.130. The van der Waals surface area contributed by atoms with Gasteiger partial charge in [0.1, 0.15) is 11.5 Å². The van der Waals surface area contributed by atoms with Gasteiger partial charge in [0.2, 0.25) is 0 Å².